The zero-order valence-corrected chi connectivity index (χ0v) is 12.7. The standard InChI is InChI=1S/C20H13N3O/c24-20-14-9-6-11-16-18(14)23(17-12-5-4-10-15(17)22-20)19(21-16)13-7-2-1-3-8-13/h1-12H,(H,22,24). The number of para-hydroxylation sites is 3. The highest BCUT2D eigenvalue weighted by Gasteiger charge is 2.25. The van der Waals surface area contributed by atoms with Gasteiger partial charge in [-0.1, -0.05) is 48.5 Å². The summed E-state index contributed by atoms with van der Waals surface area (Å²) in [5.41, 5.74) is 5.03. The molecule has 114 valence electrons. The number of amides is 1. The van der Waals surface area contributed by atoms with Crippen LogP contribution in [0.1, 0.15) is 10.4 Å². The second-order valence-electron chi connectivity index (χ2n) is 5.78. The van der Waals surface area contributed by atoms with Crippen molar-refractivity contribution in [3.63, 3.8) is 0 Å². The van der Waals surface area contributed by atoms with Gasteiger partial charge in [-0.2, -0.15) is 0 Å². The van der Waals surface area contributed by atoms with Crippen LogP contribution in [0.3, 0.4) is 0 Å². The van der Waals surface area contributed by atoms with E-state index in [1.165, 1.54) is 0 Å². The maximum atomic E-state index is 12.6. The number of anilines is 1. The molecule has 1 aliphatic rings. The Hall–Kier alpha value is -3.40. The van der Waals surface area contributed by atoms with Gasteiger partial charge in [0.2, 0.25) is 0 Å². The summed E-state index contributed by atoms with van der Waals surface area (Å²) in [6.07, 6.45) is 0. The number of hydrogen-bond acceptors (Lipinski definition) is 2. The molecule has 0 saturated carbocycles. The molecule has 3 aromatic carbocycles. The number of hydrogen-bond donors (Lipinski definition) is 1. The van der Waals surface area contributed by atoms with Crippen molar-refractivity contribution in [2.45, 2.75) is 0 Å². The Kier molecular flexibility index (Phi) is 2.61. The Morgan fingerprint density at radius 3 is 2.50 bits per heavy atom. The fourth-order valence-corrected chi connectivity index (χ4v) is 3.29. The highest BCUT2D eigenvalue weighted by molar-refractivity contribution is 6.14. The first-order chi connectivity index (χ1) is 11.8. The van der Waals surface area contributed by atoms with Gasteiger partial charge in [0, 0.05) is 5.56 Å². The first kappa shape index (κ1) is 13.1. The molecule has 0 bridgehead atoms. The molecule has 0 unspecified atom stereocenters. The SMILES string of the molecule is O=C1Nc2ccccc2-n2c(-c3ccccc3)nc3cccc1c32. The van der Waals surface area contributed by atoms with E-state index < -0.39 is 0 Å². The van der Waals surface area contributed by atoms with E-state index in [0.29, 0.717) is 5.56 Å². The van der Waals surface area contributed by atoms with Crippen LogP contribution in [0.5, 0.6) is 0 Å². The van der Waals surface area contributed by atoms with Crippen LogP contribution in [0.2, 0.25) is 0 Å². The van der Waals surface area contributed by atoms with E-state index >= 15 is 0 Å². The van der Waals surface area contributed by atoms with Crippen LogP contribution in [-0.4, -0.2) is 15.5 Å². The molecule has 4 nitrogen and oxygen atoms in total. The zero-order chi connectivity index (χ0) is 16.1. The molecule has 5 rings (SSSR count). The quantitative estimate of drug-likeness (QED) is 0.571. The topological polar surface area (TPSA) is 46.9 Å². The van der Waals surface area contributed by atoms with Gasteiger partial charge >= 0.3 is 0 Å². The second-order valence-corrected chi connectivity index (χ2v) is 5.78. The number of benzene rings is 3. The van der Waals surface area contributed by atoms with E-state index in [2.05, 4.69) is 9.88 Å². The molecule has 2 heterocycles. The highest BCUT2D eigenvalue weighted by atomic mass is 16.1. The van der Waals surface area contributed by atoms with Crippen molar-refractivity contribution in [2.75, 3.05) is 5.32 Å². The molecule has 1 N–H and O–H groups in total. The van der Waals surface area contributed by atoms with Gasteiger partial charge in [0.15, 0.2) is 0 Å². The van der Waals surface area contributed by atoms with Crippen molar-refractivity contribution in [3.8, 4) is 17.1 Å². The molecular weight excluding hydrogens is 298 g/mol. The van der Waals surface area contributed by atoms with E-state index in [4.69, 9.17) is 4.98 Å². The molecular formula is C20H13N3O. The number of nitrogens with zero attached hydrogens (tertiary/aromatic N) is 2. The van der Waals surface area contributed by atoms with Gasteiger partial charge in [0.25, 0.3) is 5.91 Å². The van der Waals surface area contributed by atoms with Crippen LogP contribution in [0.15, 0.2) is 72.8 Å². The molecule has 0 spiro atoms. The number of nitrogens with one attached hydrogen (secondary N) is 1. The number of carbonyl (C=O) groups excluding carboxylic acids is 1. The number of fused-ring (bicyclic) bond motifs is 2. The number of carbonyl (C=O) groups is 1. The lowest BCUT2D eigenvalue weighted by Gasteiger charge is -2.11. The molecule has 1 amide bonds. The smallest absolute Gasteiger partial charge is 0.257 e. The average molecular weight is 311 g/mol. The van der Waals surface area contributed by atoms with Gasteiger partial charge in [0.1, 0.15) is 5.82 Å². The molecule has 0 aliphatic carbocycles. The fraction of sp³-hybridized carbons (Fsp3) is 0. The predicted octanol–water partition coefficient (Wildman–Crippen LogP) is 4.26. The highest BCUT2D eigenvalue weighted by Crippen LogP contribution is 2.35. The van der Waals surface area contributed by atoms with Crippen LogP contribution >= 0.6 is 0 Å². The summed E-state index contributed by atoms with van der Waals surface area (Å²) >= 11 is 0. The second kappa shape index (κ2) is 4.80. The summed E-state index contributed by atoms with van der Waals surface area (Å²) in [6, 6.07) is 23.5. The monoisotopic (exact) mass is 311 g/mol. The van der Waals surface area contributed by atoms with E-state index in [9.17, 15) is 4.79 Å². The van der Waals surface area contributed by atoms with Crippen molar-refractivity contribution in [2.24, 2.45) is 0 Å². The van der Waals surface area contributed by atoms with Crippen LogP contribution < -0.4 is 5.32 Å². The molecule has 24 heavy (non-hydrogen) atoms. The summed E-state index contributed by atoms with van der Waals surface area (Å²) in [4.78, 5) is 17.5. The first-order valence-electron chi connectivity index (χ1n) is 7.80. The minimum Gasteiger partial charge on any atom is -0.320 e. The van der Waals surface area contributed by atoms with Gasteiger partial charge in [-0.3, -0.25) is 9.36 Å². The molecule has 1 aliphatic heterocycles. The Labute approximate surface area is 138 Å². The average Bonchev–Trinajstić information content (AvgIpc) is 2.96. The third-order valence-corrected chi connectivity index (χ3v) is 4.35. The van der Waals surface area contributed by atoms with Crippen LogP contribution in [0, 0.1) is 0 Å². The van der Waals surface area contributed by atoms with E-state index in [-0.39, 0.29) is 5.91 Å². The van der Waals surface area contributed by atoms with Crippen molar-refractivity contribution in [1.82, 2.24) is 9.55 Å². The number of imidazole rings is 1. The molecule has 0 atom stereocenters. The van der Waals surface area contributed by atoms with Crippen LogP contribution in [0.25, 0.3) is 28.1 Å². The molecule has 4 heteroatoms. The van der Waals surface area contributed by atoms with E-state index in [1.54, 1.807) is 0 Å². The van der Waals surface area contributed by atoms with Gasteiger partial charge in [-0.25, -0.2) is 4.98 Å². The van der Waals surface area contributed by atoms with Crippen molar-refractivity contribution in [3.05, 3.63) is 78.4 Å². The zero-order valence-electron chi connectivity index (χ0n) is 12.7. The molecule has 0 radical (unpaired) electrons. The van der Waals surface area contributed by atoms with E-state index in [0.717, 1.165) is 33.8 Å². The maximum absolute atomic E-state index is 12.6. The van der Waals surface area contributed by atoms with E-state index in [1.807, 2.05) is 72.8 Å². The minimum atomic E-state index is -0.105. The maximum Gasteiger partial charge on any atom is 0.257 e. The lowest BCUT2D eigenvalue weighted by atomic mass is 10.1. The first-order valence-corrected chi connectivity index (χ1v) is 7.80. The van der Waals surface area contributed by atoms with Gasteiger partial charge in [0.05, 0.1) is 28.0 Å². The Morgan fingerprint density at radius 1 is 0.833 bits per heavy atom. The summed E-state index contributed by atoms with van der Waals surface area (Å²) < 4.78 is 2.08. The van der Waals surface area contributed by atoms with Gasteiger partial charge in [-0.15, -0.1) is 0 Å². The fourth-order valence-electron chi connectivity index (χ4n) is 3.29. The lowest BCUT2D eigenvalue weighted by molar-refractivity contribution is 0.102. The number of aromatic nitrogens is 2. The Bertz CT molecular complexity index is 1100. The number of rotatable bonds is 1. The van der Waals surface area contributed by atoms with Gasteiger partial charge in [-0.05, 0) is 24.3 Å². The minimum absolute atomic E-state index is 0.105. The van der Waals surface area contributed by atoms with Crippen molar-refractivity contribution < 1.29 is 4.79 Å². The molecule has 0 saturated heterocycles. The third kappa shape index (κ3) is 1.74. The summed E-state index contributed by atoms with van der Waals surface area (Å²) in [6.45, 7) is 0. The third-order valence-electron chi connectivity index (χ3n) is 4.35. The lowest BCUT2D eigenvalue weighted by Crippen LogP contribution is -2.10. The summed E-state index contributed by atoms with van der Waals surface area (Å²) in [7, 11) is 0. The van der Waals surface area contributed by atoms with Crippen LogP contribution in [-0.2, 0) is 0 Å². The molecule has 4 aromatic rings. The Balaban J connectivity index is 1.98. The van der Waals surface area contributed by atoms with Crippen molar-refractivity contribution >= 4 is 22.6 Å². The summed E-state index contributed by atoms with van der Waals surface area (Å²) in [5.74, 6) is 0.730. The normalized spacial score (nSPS) is 12.6. The predicted molar refractivity (Wildman–Crippen MR) is 94.5 cm³/mol. The molecule has 1 aromatic heterocycles. The van der Waals surface area contributed by atoms with Gasteiger partial charge < -0.3 is 5.32 Å². The van der Waals surface area contributed by atoms with Crippen LogP contribution in [0.4, 0.5) is 5.69 Å². The summed E-state index contributed by atoms with van der Waals surface area (Å²) in [5, 5.41) is 3.01. The largest absolute Gasteiger partial charge is 0.320 e. The Morgan fingerprint density at radius 2 is 1.62 bits per heavy atom. The molecule has 0 fully saturated rings. The van der Waals surface area contributed by atoms with Crippen molar-refractivity contribution in [1.29, 1.82) is 0 Å².